The monoisotopic (exact) mass is 1230 g/mol. The molecule has 0 saturated heterocycles. The predicted molar refractivity (Wildman–Crippen MR) is 380 cm³/mol. The maximum absolute atomic E-state index is 12.9. The Bertz CT molecular complexity index is 2190. The van der Waals surface area contributed by atoms with Gasteiger partial charge in [-0.25, -0.2) is 4.57 Å². The lowest BCUT2D eigenvalue weighted by Crippen LogP contribution is -2.37. The highest BCUT2D eigenvalue weighted by atomic mass is 31.2. The maximum atomic E-state index is 12.9. The van der Waals surface area contributed by atoms with Crippen molar-refractivity contribution in [2.24, 2.45) is 0 Å². The van der Waals surface area contributed by atoms with Gasteiger partial charge in [-0.15, -0.1) is 0 Å². The third-order valence-corrected chi connectivity index (χ3v) is 14.6. The summed E-state index contributed by atoms with van der Waals surface area (Å²) in [7, 11) is 1.43. The van der Waals surface area contributed by atoms with Crippen molar-refractivity contribution in [2.75, 3.05) is 47.5 Å². The largest absolute Gasteiger partial charge is 0.472 e. The molecule has 0 aliphatic carbocycles. The summed E-state index contributed by atoms with van der Waals surface area (Å²) >= 11 is 0. The normalized spacial score (nSPS) is 14.4. The van der Waals surface area contributed by atoms with Crippen LogP contribution in [0.3, 0.4) is 0 Å². The summed E-state index contributed by atoms with van der Waals surface area (Å²) in [5.74, 6) is -0.839. The zero-order valence-corrected chi connectivity index (χ0v) is 57.0. The van der Waals surface area contributed by atoms with Gasteiger partial charge in [0.2, 0.25) is 0 Å². The first kappa shape index (κ1) is 82.8. The molecule has 1 N–H and O–H groups in total. The molecule has 0 aliphatic rings. The average Bonchev–Trinajstić information content (AvgIpc) is 3.68. The van der Waals surface area contributed by atoms with Crippen LogP contribution in [-0.2, 0) is 32.7 Å². The molecule has 0 aromatic heterocycles. The van der Waals surface area contributed by atoms with Crippen molar-refractivity contribution in [1.82, 2.24) is 0 Å². The molecular weight excluding hydrogens is 1110 g/mol. The zero-order chi connectivity index (χ0) is 64.1. The minimum absolute atomic E-state index is 0.0162. The highest BCUT2D eigenvalue weighted by molar-refractivity contribution is 7.47. The van der Waals surface area contributed by atoms with Crippen LogP contribution in [0.1, 0.15) is 232 Å². The predicted octanol–water partition coefficient (Wildman–Crippen LogP) is 22.5. The van der Waals surface area contributed by atoms with Gasteiger partial charge in [-0.1, -0.05) is 272 Å². The number of nitrogens with zero attached hydrogens (tertiary/aromatic N) is 1. The number of rotatable bonds is 60. The van der Waals surface area contributed by atoms with E-state index in [0.29, 0.717) is 23.9 Å². The molecule has 9 nitrogen and oxygen atoms in total. The van der Waals surface area contributed by atoms with Gasteiger partial charge in [0.25, 0.3) is 0 Å². The molecule has 0 radical (unpaired) electrons. The van der Waals surface area contributed by atoms with Gasteiger partial charge in [0.1, 0.15) is 19.8 Å². The molecular formula is C78H125NO8P+. The molecule has 0 aliphatic heterocycles. The number of carbonyl (C=O) groups is 2. The second kappa shape index (κ2) is 66.3. The molecule has 0 aromatic rings. The van der Waals surface area contributed by atoms with Gasteiger partial charge in [-0.05, 0) is 141 Å². The van der Waals surface area contributed by atoms with Crippen LogP contribution >= 0.6 is 7.82 Å². The van der Waals surface area contributed by atoms with Crippen LogP contribution in [-0.4, -0.2) is 74.9 Å². The molecule has 88 heavy (non-hydrogen) atoms. The Labute approximate surface area is 539 Å². The number of quaternary nitrogens is 1. The second-order valence-corrected chi connectivity index (χ2v) is 24.5. The van der Waals surface area contributed by atoms with Crippen molar-refractivity contribution < 1.29 is 42.1 Å². The fraction of sp³-hybridized carbons (Fsp3) is 0.564. The highest BCUT2D eigenvalue weighted by Gasteiger charge is 2.27. The Kier molecular flexibility index (Phi) is 62.4. The molecule has 0 aromatic carbocycles. The van der Waals surface area contributed by atoms with Crippen molar-refractivity contribution >= 4 is 19.8 Å². The molecule has 0 rings (SSSR count). The molecule has 2 atom stereocenters. The number of likely N-dealkylation sites (N-methyl/N-ethyl adjacent to an activating group) is 1. The van der Waals surface area contributed by atoms with Crippen molar-refractivity contribution in [1.29, 1.82) is 0 Å². The molecule has 0 saturated carbocycles. The van der Waals surface area contributed by atoms with Gasteiger partial charge in [0.15, 0.2) is 6.10 Å². The van der Waals surface area contributed by atoms with Crippen LogP contribution in [0, 0.1) is 0 Å². The van der Waals surface area contributed by atoms with Crippen LogP contribution in [0.4, 0.5) is 0 Å². The summed E-state index contributed by atoms with van der Waals surface area (Å²) in [5.41, 5.74) is 0. The number of unbranched alkanes of at least 4 members (excludes halogenated alkanes) is 14. The molecule has 494 valence electrons. The number of ether oxygens (including phenoxy) is 2. The summed E-state index contributed by atoms with van der Waals surface area (Å²) in [5, 5.41) is 0. The van der Waals surface area contributed by atoms with Gasteiger partial charge in [0.05, 0.1) is 27.7 Å². The third kappa shape index (κ3) is 69.9. The van der Waals surface area contributed by atoms with E-state index in [4.69, 9.17) is 18.5 Å². The Morgan fingerprint density at radius 3 is 0.909 bits per heavy atom. The fourth-order valence-corrected chi connectivity index (χ4v) is 9.20. The van der Waals surface area contributed by atoms with E-state index in [1.165, 1.54) is 25.7 Å². The Morgan fingerprint density at radius 1 is 0.352 bits per heavy atom. The molecule has 0 bridgehead atoms. The summed E-state index contributed by atoms with van der Waals surface area (Å²) in [4.78, 5) is 35.8. The molecule has 2 unspecified atom stereocenters. The van der Waals surface area contributed by atoms with Crippen molar-refractivity contribution in [2.45, 2.75) is 238 Å². The Balaban J connectivity index is 4.19. The van der Waals surface area contributed by atoms with Crippen molar-refractivity contribution in [3.8, 4) is 0 Å². The average molecular weight is 1240 g/mol. The van der Waals surface area contributed by atoms with Crippen LogP contribution in [0.2, 0.25) is 0 Å². The maximum Gasteiger partial charge on any atom is 0.472 e. The highest BCUT2D eigenvalue weighted by Crippen LogP contribution is 2.43. The number of hydrogen-bond donors (Lipinski definition) is 1. The molecule has 0 heterocycles. The minimum atomic E-state index is -4.41. The number of hydrogen-bond acceptors (Lipinski definition) is 7. The Morgan fingerprint density at radius 2 is 0.614 bits per heavy atom. The molecule has 0 spiro atoms. The summed E-state index contributed by atoms with van der Waals surface area (Å²) in [6.45, 7) is 4.15. The van der Waals surface area contributed by atoms with Crippen molar-refractivity contribution in [3.63, 3.8) is 0 Å². The summed E-state index contributed by atoms with van der Waals surface area (Å²) in [6.07, 6.45) is 104. The van der Waals surface area contributed by atoms with E-state index in [2.05, 4.69) is 208 Å². The lowest BCUT2D eigenvalue weighted by atomic mass is 10.1. The smallest absolute Gasteiger partial charge is 0.462 e. The third-order valence-electron chi connectivity index (χ3n) is 13.6. The first-order valence-corrected chi connectivity index (χ1v) is 35.7. The van der Waals surface area contributed by atoms with Gasteiger partial charge in [-0.2, -0.15) is 0 Å². The standard InChI is InChI=1S/C78H124NO8P/c1-6-8-10-12-14-16-18-20-22-24-26-28-30-32-33-34-35-36-37-38-39-40-41-42-43-44-45-47-49-51-53-55-57-59-61-63-65-67-69-71-78(81)87-76(75-86-88(82,83)85-73-72-79(3,4)5)74-84-77(80)70-68-66-64-62-60-58-56-54-52-50-48-46-31-29-27-25-23-21-19-17-15-13-11-9-7-2/h8-11,14-17,20-23,26-29,32-33,35-36,38-39,41-42,44-46,48-49,51-52,54,76H,6-7,12-13,18-19,24-25,30-31,34,37,40,43,47,50,53,55-75H2,1-5H3/p+1/b10-8-,11-9-,16-14-,17-15-,22-20-,23-21-,28-26-,29-27-,33-32-,36-35-,39-38-,42-41-,45-44-,48-46-,51-49-,54-52-. The van der Waals surface area contributed by atoms with E-state index in [0.717, 1.165) is 167 Å². The van der Waals surface area contributed by atoms with E-state index in [-0.39, 0.29) is 26.1 Å². The second-order valence-electron chi connectivity index (χ2n) is 23.1. The number of carbonyl (C=O) groups excluding carboxylic acids is 2. The SMILES string of the molecule is CC/C=C\C/C=C\C/C=C\C/C=C\C/C=C\C/C=C\C/C=C\C/C=C\C/C=C\C/C=C\CCCCCCCCCCC(=O)OC(COC(=O)CCCCCCCC/C=C\C/C=C\C/C=C\C/C=C\C/C=C\C/C=C\CC)COP(=O)(O)OCC[N+](C)(C)C. The number of phosphoric ester groups is 1. The zero-order valence-electron chi connectivity index (χ0n) is 56.1. The van der Waals surface area contributed by atoms with Gasteiger partial charge in [-0.3, -0.25) is 18.6 Å². The number of allylic oxidation sites excluding steroid dienone is 32. The lowest BCUT2D eigenvalue weighted by molar-refractivity contribution is -0.870. The Hall–Kier alpha value is -5.15. The summed E-state index contributed by atoms with van der Waals surface area (Å²) in [6, 6.07) is 0. The first-order chi connectivity index (χ1) is 43.0. The van der Waals surface area contributed by atoms with E-state index >= 15 is 0 Å². The quantitative estimate of drug-likeness (QED) is 0.0211. The van der Waals surface area contributed by atoms with Crippen molar-refractivity contribution in [3.05, 3.63) is 194 Å². The van der Waals surface area contributed by atoms with Crippen LogP contribution in [0.5, 0.6) is 0 Å². The lowest BCUT2D eigenvalue weighted by Gasteiger charge is -2.24. The van der Waals surface area contributed by atoms with E-state index in [1.54, 1.807) is 0 Å². The minimum Gasteiger partial charge on any atom is -0.462 e. The van der Waals surface area contributed by atoms with Crippen LogP contribution in [0.25, 0.3) is 0 Å². The fourth-order valence-electron chi connectivity index (χ4n) is 8.46. The van der Waals surface area contributed by atoms with Crippen LogP contribution < -0.4 is 0 Å². The number of phosphoric acid groups is 1. The first-order valence-electron chi connectivity index (χ1n) is 34.2. The van der Waals surface area contributed by atoms with Gasteiger partial charge < -0.3 is 18.9 Å². The molecule has 0 amide bonds. The summed E-state index contributed by atoms with van der Waals surface area (Å²) < 4.78 is 34.7. The molecule has 10 heteroatoms. The van der Waals surface area contributed by atoms with Gasteiger partial charge in [0, 0.05) is 12.8 Å². The van der Waals surface area contributed by atoms with E-state index in [9.17, 15) is 19.0 Å². The van der Waals surface area contributed by atoms with Gasteiger partial charge >= 0.3 is 19.8 Å². The van der Waals surface area contributed by atoms with E-state index in [1.807, 2.05) is 21.1 Å². The van der Waals surface area contributed by atoms with E-state index < -0.39 is 32.5 Å². The topological polar surface area (TPSA) is 108 Å². The molecule has 0 fully saturated rings. The van der Waals surface area contributed by atoms with Crippen LogP contribution in [0.15, 0.2) is 194 Å². The number of esters is 2.